The molecule has 0 unspecified atom stereocenters. The monoisotopic (exact) mass is 462 g/mol. The Morgan fingerprint density at radius 2 is 1.70 bits per heavy atom. The molecule has 1 aliphatic heterocycles. The zero-order valence-electron chi connectivity index (χ0n) is 18.1. The smallest absolute Gasteiger partial charge is 0.266 e. The van der Waals surface area contributed by atoms with Crippen LogP contribution in [-0.2, 0) is 0 Å². The van der Waals surface area contributed by atoms with Crippen molar-refractivity contribution in [3.63, 3.8) is 0 Å². The number of thiophene rings is 1. The molecule has 1 fully saturated rings. The molecule has 0 saturated carbocycles. The van der Waals surface area contributed by atoms with Crippen molar-refractivity contribution < 1.29 is 13.9 Å². The molecule has 1 aliphatic rings. The van der Waals surface area contributed by atoms with Crippen molar-refractivity contribution in [3.05, 3.63) is 71.4 Å². The van der Waals surface area contributed by atoms with Gasteiger partial charge in [-0.3, -0.25) is 4.79 Å². The third-order valence-electron chi connectivity index (χ3n) is 5.93. The van der Waals surface area contributed by atoms with Gasteiger partial charge >= 0.3 is 0 Å². The molecular formula is C25H23FN4O2S. The lowest BCUT2D eigenvalue weighted by Gasteiger charge is -2.36. The molecule has 33 heavy (non-hydrogen) atoms. The Balaban J connectivity index is 1.34. The Kier molecular flexibility index (Phi) is 5.60. The topological polar surface area (TPSA) is 71.7 Å². The highest BCUT2D eigenvalue weighted by atomic mass is 32.1. The number of nitrogens with zero attached hydrogens (tertiary/aromatic N) is 3. The maximum absolute atomic E-state index is 13.3. The summed E-state index contributed by atoms with van der Waals surface area (Å²) in [5, 5.41) is 0.797. The molecule has 0 aliphatic carbocycles. The Morgan fingerprint density at radius 3 is 2.36 bits per heavy atom. The molecule has 1 amide bonds. The zero-order valence-corrected chi connectivity index (χ0v) is 18.9. The molecule has 0 bridgehead atoms. The van der Waals surface area contributed by atoms with E-state index >= 15 is 0 Å². The first-order valence-electron chi connectivity index (χ1n) is 10.7. The van der Waals surface area contributed by atoms with Gasteiger partial charge in [-0.15, -0.1) is 11.3 Å². The normalized spacial score (nSPS) is 14.0. The van der Waals surface area contributed by atoms with Crippen LogP contribution in [0.4, 0.5) is 15.8 Å². The standard InChI is InChI=1S/C25H23FN4O2S/c1-32-19-8-2-16(3-9-19)21-11-10-20-22(27)23(33-24(20)28-21)25(31)30-14-12-29(13-15-30)18-6-4-17(26)5-7-18/h2-11H,12-15,27H2,1H3. The van der Waals surface area contributed by atoms with Crippen molar-refractivity contribution >= 4 is 38.8 Å². The van der Waals surface area contributed by atoms with Crippen LogP contribution in [-0.4, -0.2) is 49.1 Å². The van der Waals surface area contributed by atoms with E-state index in [4.69, 9.17) is 15.5 Å². The fourth-order valence-electron chi connectivity index (χ4n) is 4.04. The summed E-state index contributed by atoms with van der Waals surface area (Å²) in [5.41, 5.74) is 9.59. The van der Waals surface area contributed by atoms with E-state index in [1.165, 1.54) is 23.5 Å². The molecule has 2 N–H and O–H groups in total. The first-order valence-corrected chi connectivity index (χ1v) is 11.5. The second-order valence-corrected chi connectivity index (χ2v) is 8.88. The number of carbonyl (C=O) groups is 1. The first-order chi connectivity index (χ1) is 16.0. The number of benzene rings is 2. The Labute approximate surface area is 195 Å². The summed E-state index contributed by atoms with van der Waals surface area (Å²) < 4.78 is 18.4. The lowest BCUT2D eigenvalue weighted by Crippen LogP contribution is -2.48. The Hall–Kier alpha value is -3.65. The van der Waals surface area contributed by atoms with E-state index in [-0.39, 0.29) is 11.7 Å². The second-order valence-electron chi connectivity index (χ2n) is 7.88. The zero-order chi connectivity index (χ0) is 22.9. The number of methoxy groups -OCH3 is 1. The van der Waals surface area contributed by atoms with Crippen molar-refractivity contribution in [3.8, 4) is 17.0 Å². The minimum absolute atomic E-state index is 0.0692. The summed E-state index contributed by atoms with van der Waals surface area (Å²) in [5.74, 6) is 0.462. The lowest BCUT2D eigenvalue weighted by molar-refractivity contribution is 0.0752. The SMILES string of the molecule is COc1ccc(-c2ccc3c(N)c(C(=O)N4CCN(c5ccc(F)cc5)CC4)sc3n2)cc1. The summed E-state index contributed by atoms with van der Waals surface area (Å²) in [4.78, 5) is 23.3. The van der Waals surface area contributed by atoms with Crippen molar-refractivity contribution in [1.82, 2.24) is 9.88 Å². The maximum Gasteiger partial charge on any atom is 0.266 e. The van der Waals surface area contributed by atoms with Gasteiger partial charge in [0.1, 0.15) is 21.3 Å². The number of hydrogen-bond acceptors (Lipinski definition) is 6. The van der Waals surface area contributed by atoms with Gasteiger partial charge in [-0.05, 0) is 60.7 Å². The summed E-state index contributed by atoms with van der Waals surface area (Å²) in [6.45, 7) is 2.52. The Morgan fingerprint density at radius 1 is 1.00 bits per heavy atom. The van der Waals surface area contributed by atoms with E-state index in [1.54, 1.807) is 19.2 Å². The van der Waals surface area contributed by atoms with E-state index in [1.807, 2.05) is 41.3 Å². The van der Waals surface area contributed by atoms with Gasteiger partial charge in [-0.25, -0.2) is 9.37 Å². The lowest BCUT2D eigenvalue weighted by atomic mass is 10.1. The van der Waals surface area contributed by atoms with Crippen LogP contribution in [0.3, 0.4) is 0 Å². The van der Waals surface area contributed by atoms with Crippen LogP contribution in [0, 0.1) is 5.82 Å². The number of anilines is 2. The number of piperazine rings is 1. The van der Waals surface area contributed by atoms with Crippen molar-refractivity contribution in [1.29, 1.82) is 0 Å². The molecule has 4 aromatic rings. The van der Waals surface area contributed by atoms with Gasteiger partial charge in [-0.2, -0.15) is 0 Å². The summed E-state index contributed by atoms with van der Waals surface area (Å²) in [6.07, 6.45) is 0. The van der Waals surface area contributed by atoms with Gasteiger partial charge in [0.05, 0.1) is 18.5 Å². The molecule has 1 saturated heterocycles. The van der Waals surface area contributed by atoms with Crippen molar-refractivity contribution in [2.75, 3.05) is 43.9 Å². The molecule has 0 atom stereocenters. The van der Waals surface area contributed by atoms with Gasteiger partial charge in [0.15, 0.2) is 0 Å². The molecule has 0 radical (unpaired) electrons. The summed E-state index contributed by atoms with van der Waals surface area (Å²) in [6, 6.07) is 18.0. The number of halogens is 1. The molecule has 168 valence electrons. The van der Waals surface area contributed by atoms with Gasteiger partial charge in [0.25, 0.3) is 5.91 Å². The predicted molar refractivity (Wildman–Crippen MR) is 131 cm³/mol. The van der Waals surface area contributed by atoms with E-state index < -0.39 is 0 Å². The fourth-order valence-corrected chi connectivity index (χ4v) is 5.10. The van der Waals surface area contributed by atoms with Gasteiger partial charge in [0, 0.05) is 42.8 Å². The number of nitrogen functional groups attached to an aromatic ring is 1. The van der Waals surface area contributed by atoms with Crippen LogP contribution in [0.5, 0.6) is 5.75 Å². The predicted octanol–water partition coefficient (Wildman–Crippen LogP) is 4.66. The van der Waals surface area contributed by atoms with Crippen molar-refractivity contribution in [2.45, 2.75) is 0 Å². The second kappa shape index (κ2) is 8.71. The minimum Gasteiger partial charge on any atom is -0.497 e. The third kappa shape index (κ3) is 4.09. The van der Waals surface area contributed by atoms with Crippen LogP contribution in [0.25, 0.3) is 21.5 Å². The number of aromatic nitrogens is 1. The molecule has 5 rings (SSSR count). The fraction of sp³-hybridized carbons (Fsp3) is 0.200. The highest BCUT2D eigenvalue weighted by Crippen LogP contribution is 2.35. The number of hydrogen-bond donors (Lipinski definition) is 1. The molecule has 6 nitrogen and oxygen atoms in total. The maximum atomic E-state index is 13.3. The molecule has 2 aromatic carbocycles. The molecule has 2 aromatic heterocycles. The van der Waals surface area contributed by atoms with E-state index in [2.05, 4.69) is 4.90 Å². The van der Waals surface area contributed by atoms with E-state index in [0.717, 1.165) is 32.9 Å². The number of fused-ring (bicyclic) bond motifs is 1. The summed E-state index contributed by atoms with van der Waals surface area (Å²) >= 11 is 1.33. The van der Waals surface area contributed by atoms with E-state index in [0.29, 0.717) is 36.7 Å². The first kappa shape index (κ1) is 21.2. The number of amides is 1. The quantitative estimate of drug-likeness (QED) is 0.478. The Bertz CT molecular complexity index is 1300. The van der Waals surface area contributed by atoms with E-state index in [9.17, 15) is 9.18 Å². The number of carbonyl (C=O) groups excluding carboxylic acids is 1. The average molecular weight is 463 g/mol. The highest BCUT2D eigenvalue weighted by Gasteiger charge is 2.26. The highest BCUT2D eigenvalue weighted by molar-refractivity contribution is 7.21. The number of ether oxygens (including phenoxy) is 1. The largest absolute Gasteiger partial charge is 0.497 e. The molecule has 0 spiro atoms. The van der Waals surface area contributed by atoms with Gasteiger partial charge in [-0.1, -0.05) is 0 Å². The molecular weight excluding hydrogens is 439 g/mol. The van der Waals surface area contributed by atoms with Crippen LogP contribution in [0.2, 0.25) is 0 Å². The average Bonchev–Trinajstić information content (AvgIpc) is 3.20. The van der Waals surface area contributed by atoms with Crippen molar-refractivity contribution in [2.24, 2.45) is 0 Å². The number of rotatable bonds is 4. The number of pyridine rings is 1. The van der Waals surface area contributed by atoms with Gasteiger partial charge < -0.3 is 20.3 Å². The van der Waals surface area contributed by atoms with Crippen LogP contribution < -0.4 is 15.4 Å². The molecule has 3 heterocycles. The number of nitrogens with two attached hydrogens (primary N) is 1. The minimum atomic E-state index is -0.253. The molecule has 8 heteroatoms. The van der Waals surface area contributed by atoms with Crippen LogP contribution >= 0.6 is 11.3 Å². The van der Waals surface area contributed by atoms with Gasteiger partial charge in [0.2, 0.25) is 0 Å². The van der Waals surface area contributed by atoms with Crippen LogP contribution in [0.1, 0.15) is 9.67 Å². The third-order valence-corrected chi connectivity index (χ3v) is 7.04. The van der Waals surface area contributed by atoms with Crippen LogP contribution in [0.15, 0.2) is 60.7 Å². The summed E-state index contributed by atoms with van der Waals surface area (Å²) in [7, 11) is 1.63.